The predicted octanol–water partition coefficient (Wildman–Crippen LogP) is 2.32. The molecule has 0 unspecified atom stereocenters. The van der Waals surface area contributed by atoms with E-state index in [1.807, 2.05) is 0 Å². The van der Waals surface area contributed by atoms with Crippen LogP contribution in [0, 0.1) is 6.92 Å². The van der Waals surface area contributed by atoms with Gasteiger partial charge in [0.2, 0.25) is 0 Å². The first-order chi connectivity index (χ1) is 5.41. The van der Waals surface area contributed by atoms with Gasteiger partial charge in [-0.05, 0) is 30.7 Å². The van der Waals surface area contributed by atoms with Gasteiger partial charge in [0, 0.05) is 4.47 Å². The Morgan fingerprint density at radius 1 is 1.23 bits per heavy atom. The van der Waals surface area contributed by atoms with Crippen LogP contribution < -0.4 is 0 Å². The minimum absolute atomic E-state index is 0. The van der Waals surface area contributed by atoms with Crippen molar-refractivity contribution < 1.29 is 13.2 Å². The minimum atomic E-state index is -4.24. The second-order valence-corrected chi connectivity index (χ2v) is 3.32. The third-order valence-electron chi connectivity index (χ3n) is 1.49. The van der Waals surface area contributed by atoms with Crippen molar-refractivity contribution in [3.8, 4) is 0 Å². The maximum atomic E-state index is 12.1. The molecule has 1 aromatic carbocycles. The normalized spacial score (nSPS) is 10.8. The molecule has 0 aliphatic rings. The fourth-order valence-corrected chi connectivity index (χ4v) is 1.07. The average Bonchev–Trinajstić information content (AvgIpc) is 1.92. The zero-order valence-corrected chi connectivity index (χ0v) is 7.83. The molecule has 13 heavy (non-hydrogen) atoms. The molecule has 0 radical (unpaired) electrons. The van der Waals surface area contributed by atoms with Crippen molar-refractivity contribution in [3.63, 3.8) is 0 Å². The maximum absolute atomic E-state index is 12.1. The third kappa shape index (κ3) is 3.50. The van der Waals surface area contributed by atoms with E-state index in [4.69, 9.17) is 0 Å². The molecular weight excluding hydrogens is 352 g/mol. The number of benzene rings is 1. The molecule has 0 aliphatic carbocycles. The molecule has 0 bridgehead atoms. The van der Waals surface area contributed by atoms with E-state index in [-0.39, 0.29) is 23.9 Å². The summed E-state index contributed by atoms with van der Waals surface area (Å²) in [5.41, 5.74) is -0.0203. The Hall–Kier alpha value is 0.289. The van der Waals surface area contributed by atoms with Crippen molar-refractivity contribution in [2.24, 2.45) is 0 Å². The summed E-state index contributed by atoms with van der Waals surface area (Å²) in [6.45, 7) is 1.62. The van der Waals surface area contributed by atoms with Crippen LogP contribution >= 0.6 is 15.9 Å². The summed E-state index contributed by atoms with van der Waals surface area (Å²) in [6.07, 6.45) is -4.24. The molecule has 0 spiro atoms. The third-order valence-corrected chi connectivity index (χ3v) is 2.38. The van der Waals surface area contributed by atoms with Crippen LogP contribution in [0.25, 0.3) is 0 Å². The van der Waals surface area contributed by atoms with E-state index in [2.05, 4.69) is 15.9 Å². The number of rotatable bonds is 0. The van der Waals surface area contributed by atoms with E-state index >= 15 is 0 Å². The van der Waals surface area contributed by atoms with Crippen LogP contribution in [0.4, 0.5) is 13.2 Å². The Labute approximate surface area is 99.6 Å². The van der Waals surface area contributed by atoms with E-state index in [1.165, 1.54) is 6.07 Å². The van der Waals surface area contributed by atoms with Crippen LogP contribution in [0.5, 0.6) is 0 Å². The molecule has 0 saturated carbocycles. The van der Waals surface area contributed by atoms with Gasteiger partial charge in [0.25, 0.3) is 0 Å². The second-order valence-electron chi connectivity index (χ2n) is 2.46. The monoisotopic (exact) mass is 362 g/mol. The molecule has 0 amide bonds. The number of alkyl halides is 3. The van der Waals surface area contributed by atoms with E-state index < -0.39 is 11.7 Å². The van der Waals surface area contributed by atoms with Gasteiger partial charge in [0.05, 0.1) is 5.56 Å². The molecule has 5 heteroatoms. The number of halogens is 4. The molecule has 0 N–H and O–H groups in total. The Kier molecular flexibility index (Phi) is 4.79. The summed E-state index contributed by atoms with van der Waals surface area (Å²) in [4.78, 5) is 0. The van der Waals surface area contributed by atoms with Crippen molar-refractivity contribution in [2.75, 3.05) is 0 Å². The standard InChI is InChI=1S/C8H6BrF3.Sn.4H/c1-5-4-6(8(10,11)12)2-3-7(5)9;;;;;/h2-4H,1H3;;;;;. The zero-order chi connectivity index (χ0) is 9.35. The molecule has 74 valence electrons. The van der Waals surface area contributed by atoms with Crippen LogP contribution in [0.2, 0.25) is 0 Å². The fourth-order valence-electron chi connectivity index (χ4n) is 0.821. The van der Waals surface area contributed by atoms with Gasteiger partial charge >= 0.3 is 30.1 Å². The summed E-state index contributed by atoms with van der Waals surface area (Å²) in [6, 6.07) is 3.57. The first kappa shape index (κ1) is 13.3. The van der Waals surface area contributed by atoms with Crippen LogP contribution in [0.3, 0.4) is 0 Å². The van der Waals surface area contributed by atoms with Crippen LogP contribution in [-0.2, 0) is 6.18 Å². The summed E-state index contributed by atoms with van der Waals surface area (Å²) in [5, 5.41) is 0. The van der Waals surface area contributed by atoms with Gasteiger partial charge in [-0.15, -0.1) is 0 Å². The summed E-state index contributed by atoms with van der Waals surface area (Å²) in [7, 11) is 0. The van der Waals surface area contributed by atoms with Crippen LogP contribution in [0.1, 0.15) is 11.1 Å². The SMILES string of the molecule is Cc1cc(C(F)(F)F)ccc1Br.[SnH4]. The Morgan fingerprint density at radius 2 is 1.77 bits per heavy atom. The van der Waals surface area contributed by atoms with Gasteiger partial charge in [-0.3, -0.25) is 0 Å². The number of hydrogen-bond donors (Lipinski definition) is 0. The van der Waals surface area contributed by atoms with E-state index in [0.29, 0.717) is 10.0 Å². The van der Waals surface area contributed by atoms with Crippen molar-refractivity contribution in [1.82, 2.24) is 0 Å². The van der Waals surface area contributed by atoms with Gasteiger partial charge in [0.1, 0.15) is 0 Å². The molecule has 1 aromatic rings. The van der Waals surface area contributed by atoms with E-state index in [1.54, 1.807) is 6.92 Å². The summed E-state index contributed by atoms with van der Waals surface area (Å²) in [5.74, 6) is 0. The topological polar surface area (TPSA) is 0 Å². The molecule has 1 rings (SSSR count). The molecular formula is C8H10BrF3Sn. The molecule has 0 nitrogen and oxygen atoms in total. The van der Waals surface area contributed by atoms with E-state index in [0.717, 1.165) is 12.1 Å². The zero-order valence-electron chi connectivity index (χ0n) is 6.24. The molecule has 0 aromatic heterocycles. The Bertz CT molecular complexity index is 296. The van der Waals surface area contributed by atoms with Crippen LogP contribution in [0.15, 0.2) is 22.7 Å². The molecule has 0 saturated heterocycles. The molecule has 0 fully saturated rings. The van der Waals surface area contributed by atoms with Gasteiger partial charge in [0.15, 0.2) is 0 Å². The first-order valence-corrected chi connectivity index (χ1v) is 4.04. The molecule has 0 aliphatic heterocycles. The fraction of sp³-hybridized carbons (Fsp3) is 0.250. The predicted molar refractivity (Wildman–Crippen MR) is 55.2 cm³/mol. The van der Waals surface area contributed by atoms with Gasteiger partial charge in [-0.2, -0.15) is 13.2 Å². The average molecular weight is 362 g/mol. The van der Waals surface area contributed by atoms with Crippen molar-refractivity contribution in [2.45, 2.75) is 13.1 Å². The first-order valence-electron chi connectivity index (χ1n) is 3.24. The van der Waals surface area contributed by atoms with Gasteiger partial charge in [-0.25, -0.2) is 0 Å². The van der Waals surface area contributed by atoms with Crippen molar-refractivity contribution >= 4 is 39.8 Å². The van der Waals surface area contributed by atoms with Crippen molar-refractivity contribution in [3.05, 3.63) is 33.8 Å². The van der Waals surface area contributed by atoms with Crippen LogP contribution in [-0.4, -0.2) is 23.9 Å². The molecule has 0 atom stereocenters. The number of aryl methyl sites for hydroxylation is 1. The summed E-state index contributed by atoms with van der Waals surface area (Å²) < 4.78 is 36.9. The summed E-state index contributed by atoms with van der Waals surface area (Å²) >= 11 is 3.13. The molecule has 0 heterocycles. The van der Waals surface area contributed by atoms with Crippen molar-refractivity contribution in [1.29, 1.82) is 0 Å². The van der Waals surface area contributed by atoms with E-state index in [9.17, 15) is 13.2 Å². The van der Waals surface area contributed by atoms with Gasteiger partial charge in [-0.1, -0.05) is 15.9 Å². The Balaban J connectivity index is 0.00000144. The Morgan fingerprint density at radius 3 is 2.15 bits per heavy atom. The number of hydrogen-bond acceptors (Lipinski definition) is 0. The quantitative estimate of drug-likeness (QED) is 0.622. The van der Waals surface area contributed by atoms with Gasteiger partial charge < -0.3 is 0 Å². The second kappa shape index (κ2) is 4.68.